The van der Waals surface area contributed by atoms with Crippen LogP contribution in [-0.4, -0.2) is 73.6 Å². The molecular weight excluding hydrogens is 465 g/mol. The normalized spacial score (nSPS) is 16.0. The number of halogens is 3. The number of alkyl halides is 3. The Morgan fingerprint density at radius 1 is 0.694 bits per heavy atom. The third-order valence-electron chi connectivity index (χ3n) is 6.36. The number of benzene rings is 3. The van der Waals surface area contributed by atoms with Crippen molar-refractivity contribution in [1.82, 2.24) is 9.80 Å². The maximum absolute atomic E-state index is 14.4. The van der Waals surface area contributed by atoms with Crippen molar-refractivity contribution in [2.75, 3.05) is 52.5 Å². The lowest BCUT2D eigenvalue weighted by molar-refractivity contribution is -0.0685. The van der Waals surface area contributed by atoms with Gasteiger partial charge in [-0.25, -0.2) is 0 Å². The summed E-state index contributed by atoms with van der Waals surface area (Å²) in [5, 5.41) is 9.06. The first-order valence-electron chi connectivity index (χ1n) is 12.2. The van der Waals surface area contributed by atoms with E-state index in [1.165, 1.54) is 12.1 Å². The summed E-state index contributed by atoms with van der Waals surface area (Å²) in [5.74, 6) is 0.623. The molecule has 1 N–H and O–H groups in total. The van der Waals surface area contributed by atoms with E-state index in [0.717, 1.165) is 32.7 Å². The predicted molar refractivity (Wildman–Crippen MR) is 137 cm³/mol. The van der Waals surface area contributed by atoms with E-state index in [-0.39, 0.29) is 17.7 Å². The van der Waals surface area contributed by atoms with Crippen LogP contribution in [0, 0.1) is 0 Å². The van der Waals surface area contributed by atoms with Gasteiger partial charge in [0.2, 0.25) is 0 Å². The predicted octanol–water partition coefficient (Wildman–Crippen LogP) is 5.20. The number of hydrogen-bond acceptors (Lipinski definition) is 4. The molecule has 0 aromatic heterocycles. The van der Waals surface area contributed by atoms with Crippen LogP contribution < -0.4 is 4.74 Å². The van der Waals surface area contributed by atoms with Crippen LogP contribution in [0.3, 0.4) is 0 Å². The maximum Gasteiger partial charge on any atom is 0.417 e. The summed E-state index contributed by atoms with van der Waals surface area (Å²) in [6.45, 7) is 5.85. The number of rotatable bonds is 9. The van der Waals surface area contributed by atoms with Crippen molar-refractivity contribution >= 4 is 11.1 Å². The zero-order chi connectivity index (χ0) is 25.4. The van der Waals surface area contributed by atoms with Gasteiger partial charge in [-0.15, -0.1) is 0 Å². The fraction of sp³-hybridized carbons (Fsp3) is 0.310. The van der Waals surface area contributed by atoms with Gasteiger partial charge >= 0.3 is 6.18 Å². The molecule has 4 nitrogen and oxygen atoms in total. The molecule has 3 aromatic carbocycles. The minimum atomic E-state index is -4.54. The number of hydrogen-bond donors (Lipinski definition) is 1. The van der Waals surface area contributed by atoms with E-state index in [0.29, 0.717) is 30.0 Å². The van der Waals surface area contributed by atoms with Gasteiger partial charge in [0.1, 0.15) is 12.4 Å². The summed E-state index contributed by atoms with van der Waals surface area (Å²) in [5.41, 5.74) is 0.584. The van der Waals surface area contributed by atoms with Gasteiger partial charge in [0.15, 0.2) is 0 Å². The van der Waals surface area contributed by atoms with Crippen molar-refractivity contribution in [2.24, 2.45) is 0 Å². The molecule has 0 radical (unpaired) electrons. The standard InChI is InChI=1S/C29H31F3N2O2/c30-29(31,32)28(25-9-5-2-6-10-25)27(23-7-3-1-4-8-23)24-11-13-26(14-12-24)36-22-20-34-17-15-33(16-18-34)19-21-35/h1-14,35H,15-22H2/b28-27+. The molecule has 0 spiro atoms. The highest BCUT2D eigenvalue weighted by Crippen LogP contribution is 2.42. The van der Waals surface area contributed by atoms with Crippen molar-refractivity contribution < 1.29 is 23.0 Å². The number of aliphatic hydroxyl groups excluding tert-OH is 1. The largest absolute Gasteiger partial charge is 0.492 e. The van der Waals surface area contributed by atoms with Crippen LogP contribution in [0.15, 0.2) is 84.9 Å². The van der Waals surface area contributed by atoms with E-state index in [1.807, 2.05) is 0 Å². The topological polar surface area (TPSA) is 35.9 Å². The zero-order valence-corrected chi connectivity index (χ0v) is 20.1. The second-order valence-electron chi connectivity index (χ2n) is 8.76. The molecule has 4 rings (SSSR count). The Bertz CT molecular complexity index is 1110. The van der Waals surface area contributed by atoms with E-state index in [4.69, 9.17) is 9.84 Å². The SMILES string of the molecule is OCCN1CCN(CCOc2ccc(/C(=C(\c3ccccc3)C(F)(F)F)c3ccccc3)cc2)CC1. The van der Waals surface area contributed by atoms with E-state index < -0.39 is 11.7 Å². The number of piperazine rings is 1. The molecule has 0 amide bonds. The third kappa shape index (κ3) is 6.75. The van der Waals surface area contributed by atoms with E-state index in [2.05, 4.69) is 9.80 Å². The summed E-state index contributed by atoms with van der Waals surface area (Å²) in [4.78, 5) is 4.55. The summed E-state index contributed by atoms with van der Waals surface area (Å²) in [6.07, 6.45) is -4.54. The molecule has 1 saturated heterocycles. The number of nitrogens with zero attached hydrogens (tertiary/aromatic N) is 2. The second-order valence-corrected chi connectivity index (χ2v) is 8.76. The van der Waals surface area contributed by atoms with Crippen molar-refractivity contribution in [3.63, 3.8) is 0 Å². The fourth-order valence-electron chi connectivity index (χ4n) is 4.50. The average molecular weight is 497 g/mol. The van der Waals surface area contributed by atoms with Crippen molar-refractivity contribution in [3.8, 4) is 5.75 Å². The number of ether oxygens (including phenoxy) is 1. The van der Waals surface area contributed by atoms with Crippen LogP contribution in [0.2, 0.25) is 0 Å². The molecule has 0 unspecified atom stereocenters. The van der Waals surface area contributed by atoms with Crippen LogP contribution >= 0.6 is 0 Å². The van der Waals surface area contributed by atoms with Gasteiger partial charge in [-0.1, -0.05) is 72.8 Å². The molecule has 0 saturated carbocycles. The summed E-state index contributed by atoms with van der Waals surface area (Å²) in [6, 6.07) is 23.5. The lowest BCUT2D eigenvalue weighted by Gasteiger charge is -2.34. The van der Waals surface area contributed by atoms with Gasteiger partial charge in [0, 0.05) is 44.8 Å². The first kappa shape index (κ1) is 25.9. The molecule has 0 aliphatic carbocycles. The quantitative estimate of drug-likeness (QED) is 0.414. The Morgan fingerprint density at radius 3 is 1.72 bits per heavy atom. The van der Waals surface area contributed by atoms with Crippen LogP contribution in [0.5, 0.6) is 5.75 Å². The van der Waals surface area contributed by atoms with Crippen LogP contribution in [0.4, 0.5) is 13.2 Å². The third-order valence-corrected chi connectivity index (χ3v) is 6.36. The molecule has 1 fully saturated rings. The van der Waals surface area contributed by atoms with Crippen molar-refractivity contribution in [2.45, 2.75) is 6.18 Å². The molecular formula is C29H31F3N2O2. The van der Waals surface area contributed by atoms with Gasteiger partial charge in [-0.2, -0.15) is 13.2 Å². The first-order valence-corrected chi connectivity index (χ1v) is 12.2. The van der Waals surface area contributed by atoms with Crippen LogP contribution in [0.25, 0.3) is 11.1 Å². The highest BCUT2D eigenvalue weighted by molar-refractivity contribution is 6.00. The van der Waals surface area contributed by atoms with E-state index >= 15 is 0 Å². The summed E-state index contributed by atoms with van der Waals surface area (Å²) >= 11 is 0. The zero-order valence-electron chi connectivity index (χ0n) is 20.1. The molecule has 1 aliphatic rings. The second kappa shape index (κ2) is 12.2. The average Bonchev–Trinajstić information content (AvgIpc) is 2.89. The molecule has 190 valence electrons. The molecule has 0 atom stereocenters. The molecule has 7 heteroatoms. The lowest BCUT2D eigenvalue weighted by atomic mass is 9.89. The van der Waals surface area contributed by atoms with Crippen LogP contribution in [-0.2, 0) is 0 Å². The highest BCUT2D eigenvalue weighted by Gasteiger charge is 2.38. The van der Waals surface area contributed by atoms with Gasteiger partial charge in [-0.05, 0) is 28.8 Å². The Labute approximate surface area is 210 Å². The smallest absolute Gasteiger partial charge is 0.417 e. The van der Waals surface area contributed by atoms with Crippen molar-refractivity contribution in [1.29, 1.82) is 0 Å². The number of allylic oxidation sites excluding steroid dienone is 1. The van der Waals surface area contributed by atoms with E-state index in [9.17, 15) is 13.2 Å². The minimum Gasteiger partial charge on any atom is -0.492 e. The Balaban J connectivity index is 1.53. The summed E-state index contributed by atoms with van der Waals surface area (Å²) in [7, 11) is 0. The molecule has 36 heavy (non-hydrogen) atoms. The fourth-order valence-corrected chi connectivity index (χ4v) is 4.50. The number of β-amino-alcohol motifs (C(OH)–C–C–N with tert-alkyl or cyclic N) is 1. The Morgan fingerprint density at radius 2 is 1.19 bits per heavy atom. The molecule has 3 aromatic rings. The van der Waals surface area contributed by atoms with Crippen molar-refractivity contribution in [3.05, 3.63) is 102 Å². The Kier molecular flexibility index (Phi) is 8.80. The first-order chi connectivity index (χ1) is 17.5. The lowest BCUT2D eigenvalue weighted by Crippen LogP contribution is -2.48. The monoisotopic (exact) mass is 496 g/mol. The maximum atomic E-state index is 14.4. The Hall–Kier alpha value is -3.13. The minimum absolute atomic E-state index is 0.128. The van der Waals surface area contributed by atoms with Gasteiger partial charge in [0.25, 0.3) is 0 Å². The van der Waals surface area contributed by atoms with E-state index in [1.54, 1.807) is 72.8 Å². The molecule has 1 aliphatic heterocycles. The van der Waals surface area contributed by atoms with Gasteiger partial charge in [0.05, 0.1) is 12.2 Å². The summed E-state index contributed by atoms with van der Waals surface area (Å²) < 4.78 is 49.1. The molecule has 0 bridgehead atoms. The highest BCUT2D eigenvalue weighted by atomic mass is 19.4. The van der Waals surface area contributed by atoms with Gasteiger partial charge < -0.3 is 9.84 Å². The van der Waals surface area contributed by atoms with Crippen LogP contribution in [0.1, 0.15) is 16.7 Å². The molecule has 1 heterocycles. The van der Waals surface area contributed by atoms with Gasteiger partial charge in [-0.3, -0.25) is 9.80 Å². The number of aliphatic hydroxyl groups is 1.